The maximum Gasteiger partial charge on any atom is 0.309 e. The third-order valence-corrected chi connectivity index (χ3v) is 4.07. The highest BCUT2D eigenvalue weighted by Crippen LogP contribution is 2.25. The van der Waals surface area contributed by atoms with Crippen molar-refractivity contribution < 1.29 is 19.1 Å². The molecule has 0 bridgehead atoms. The van der Waals surface area contributed by atoms with E-state index in [0.717, 1.165) is 32.1 Å². The molecular formula is C18H24N2O4. The molecule has 0 aliphatic heterocycles. The fraction of sp³-hybridized carbons (Fsp3) is 0.500. The first-order valence-corrected chi connectivity index (χ1v) is 8.34. The van der Waals surface area contributed by atoms with E-state index in [1.54, 1.807) is 31.2 Å². The van der Waals surface area contributed by atoms with Gasteiger partial charge in [0, 0.05) is 18.3 Å². The minimum atomic E-state index is -0.838. The lowest BCUT2D eigenvalue weighted by molar-refractivity contribution is -0.158. The Kier molecular flexibility index (Phi) is 6.35. The summed E-state index contributed by atoms with van der Waals surface area (Å²) in [6, 6.07) is 6.74. The van der Waals surface area contributed by atoms with Gasteiger partial charge in [0.25, 0.3) is 5.91 Å². The van der Waals surface area contributed by atoms with E-state index in [2.05, 4.69) is 10.6 Å². The van der Waals surface area contributed by atoms with E-state index in [1.165, 1.54) is 6.92 Å². The van der Waals surface area contributed by atoms with Crippen LogP contribution in [0.25, 0.3) is 0 Å². The van der Waals surface area contributed by atoms with E-state index in [9.17, 15) is 14.4 Å². The molecule has 6 heteroatoms. The van der Waals surface area contributed by atoms with Gasteiger partial charge in [0.05, 0.1) is 5.92 Å². The van der Waals surface area contributed by atoms with Gasteiger partial charge in [-0.15, -0.1) is 0 Å². The van der Waals surface area contributed by atoms with Gasteiger partial charge in [0.15, 0.2) is 6.10 Å². The Morgan fingerprint density at radius 1 is 1.00 bits per heavy atom. The van der Waals surface area contributed by atoms with Crippen molar-refractivity contribution in [3.63, 3.8) is 0 Å². The maximum atomic E-state index is 12.1. The van der Waals surface area contributed by atoms with Gasteiger partial charge in [0.1, 0.15) is 0 Å². The van der Waals surface area contributed by atoms with Gasteiger partial charge >= 0.3 is 5.97 Å². The molecule has 2 amide bonds. The first-order chi connectivity index (χ1) is 11.5. The summed E-state index contributed by atoms with van der Waals surface area (Å²) in [5, 5.41) is 5.35. The zero-order valence-corrected chi connectivity index (χ0v) is 14.1. The molecule has 0 saturated heterocycles. The average Bonchev–Trinajstić information content (AvgIpc) is 2.56. The molecule has 1 fully saturated rings. The Balaban J connectivity index is 1.84. The minimum Gasteiger partial charge on any atom is -0.452 e. The normalized spacial score (nSPS) is 16.1. The summed E-state index contributed by atoms with van der Waals surface area (Å²) in [6.07, 6.45) is 4.10. The van der Waals surface area contributed by atoms with Gasteiger partial charge < -0.3 is 15.4 Å². The summed E-state index contributed by atoms with van der Waals surface area (Å²) in [7, 11) is 0. The highest BCUT2D eigenvalue weighted by Gasteiger charge is 2.26. The first kappa shape index (κ1) is 18.0. The van der Waals surface area contributed by atoms with Crippen LogP contribution >= 0.6 is 0 Å². The smallest absolute Gasteiger partial charge is 0.309 e. The van der Waals surface area contributed by atoms with Crippen LogP contribution in [0.1, 0.15) is 46.0 Å². The summed E-state index contributed by atoms with van der Waals surface area (Å²) in [6.45, 7) is 3.00. The summed E-state index contributed by atoms with van der Waals surface area (Å²) < 4.78 is 5.29. The van der Waals surface area contributed by atoms with Crippen molar-refractivity contribution >= 4 is 29.2 Å². The van der Waals surface area contributed by atoms with Crippen molar-refractivity contribution in [2.45, 2.75) is 52.1 Å². The predicted molar refractivity (Wildman–Crippen MR) is 91.5 cm³/mol. The highest BCUT2D eigenvalue weighted by atomic mass is 16.5. The molecule has 1 aromatic carbocycles. The molecule has 1 aliphatic rings. The minimum absolute atomic E-state index is 0.0778. The number of ether oxygens (including phenoxy) is 1. The van der Waals surface area contributed by atoms with Crippen molar-refractivity contribution in [1.29, 1.82) is 0 Å². The van der Waals surface area contributed by atoms with E-state index in [1.807, 2.05) is 0 Å². The molecule has 0 spiro atoms. The van der Waals surface area contributed by atoms with Gasteiger partial charge in [-0.1, -0.05) is 19.3 Å². The van der Waals surface area contributed by atoms with Crippen molar-refractivity contribution in [3.8, 4) is 0 Å². The molecule has 1 aromatic rings. The van der Waals surface area contributed by atoms with Gasteiger partial charge in [-0.05, 0) is 44.0 Å². The molecule has 0 aromatic heterocycles. The van der Waals surface area contributed by atoms with Crippen molar-refractivity contribution in [2.75, 3.05) is 10.6 Å². The highest BCUT2D eigenvalue weighted by molar-refractivity contribution is 5.95. The topological polar surface area (TPSA) is 84.5 Å². The number of hydrogen-bond acceptors (Lipinski definition) is 4. The fourth-order valence-corrected chi connectivity index (χ4v) is 2.75. The lowest BCUT2D eigenvalue weighted by Gasteiger charge is -2.22. The Bertz CT molecular complexity index is 592. The molecule has 0 radical (unpaired) electrons. The van der Waals surface area contributed by atoms with Crippen molar-refractivity contribution in [3.05, 3.63) is 24.3 Å². The Morgan fingerprint density at radius 2 is 1.54 bits per heavy atom. The first-order valence-electron chi connectivity index (χ1n) is 8.34. The van der Waals surface area contributed by atoms with Crippen molar-refractivity contribution in [2.24, 2.45) is 5.92 Å². The number of carbonyl (C=O) groups excluding carboxylic acids is 3. The van der Waals surface area contributed by atoms with Crippen LogP contribution in [-0.2, 0) is 19.1 Å². The Hall–Kier alpha value is -2.37. The number of amides is 2. The number of anilines is 2. The molecule has 6 nitrogen and oxygen atoms in total. The molecular weight excluding hydrogens is 308 g/mol. The van der Waals surface area contributed by atoms with Crippen LogP contribution in [0.5, 0.6) is 0 Å². The monoisotopic (exact) mass is 332 g/mol. The maximum absolute atomic E-state index is 12.1. The number of carbonyl (C=O) groups is 3. The predicted octanol–water partition coefficient (Wildman–Crippen LogP) is 3.10. The number of hydrogen-bond donors (Lipinski definition) is 2. The lowest BCUT2D eigenvalue weighted by atomic mass is 9.89. The van der Waals surface area contributed by atoms with E-state index in [0.29, 0.717) is 11.4 Å². The van der Waals surface area contributed by atoms with E-state index >= 15 is 0 Å². The quantitative estimate of drug-likeness (QED) is 0.812. The van der Waals surface area contributed by atoms with Crippen LogP contribution in [0.2, 0.25) is 0 Å². The van der Waals surface area contributed by atoms with Crippen LogP contribution in [0, 0.1) is 5.92 Å². The zero-order valence-electron chi connectivity index (χ0n) is 14.1. The average molecular weight is 332 g/mol. The summed E-state index contributed by atoms with van der Waals surface area (Å²) >= 11 is 0. The van der Waals surface area contributed by atoms with E-state index in [-0.39, 0.29) is 23.7 Å². The fourth-order valence-electron chi connectivity index (χ4n) is 2.75. The van der Waals surface area contributed by atoms with Gasteiger partial charge in [-0.3, -0.25) is 14.4 Å². The standard InChI is InChI=1S/C18H24N2O4/c1-12(24-18(23)14-6-4-3-5-7-14)17(22)20-16-10-8-15(9-11-16)19-13(2)21/h8-12,14H,3-7H2,1-2H3,(H,19,21)(H,20,22)/t12-/m0/s1. The third-order valence-electron chi connectivity index (χ3n) is 4.07. The summed E-state index contributed by atoms with van der Waals surface area (Å²) in [5.74, 6) is -0.884. The molecule has 1 atom stereocenters. The molecule has 1 aliphatic carbocycles. The van der Waals surface area contributed by atoms with E-state index in [4.69, 9.17) is 4.74 Å². The molecule has 2 rings (SSSR count). The van der Waals surface area contributed by atoms with Crippen LogP contribution < -0.4 is 10.6 Å². The Labute approximate surface area is 142 Å². The van der Waals surface area contributed by atoms with Gasteiger partial charge in [-0.2, -0.15) is 0 Å². The second-order valence-corrected chi connectivity index (χ2v) is 6.16. The number of rotatable bonds is 5. The molecule has 0 unspecified atom stereocenters. The third kappa shape index (κ3) is 5.37. The summed E-state index contributed by atoms with van der Waals surface area (Å²) in [5.41, 5.74) is 1.23. The number of benzene rings is 1. The van der Waals surface area contributed by atoms with Crippen LogP contribution in [0.3, 0.4) is 0 Å². The molecule has 0 heterocycles. The zero-order chi connectivity index (χ0) is 17.5. The van der Waals surface area contributed by atoms with Crippen molar-refractivity contribution in [1.82, 2.24) is 0 Å². The molecule has 2 N–H and O–H groups in total. The number of esters is 1. The van der Waals surface area contributed by atoms with Crippen LogP contribution in [-0.4, -0.2) is 23.9 Å². The van der Waals surface area contributed by atoms with Crippen LogP contribution in [0.4, 0.5) is 11.4 Å². The second-order valence-electron chi connectivity index (χ2n) is 6.16. The van der Waals surface area contributed by atoms with Gasteiger partial charge in [0.2, 0.25) is 5.91 Å². The molecule has 130 valence electrons. The largest absolute Gasteiger partial charge is 0.452 e. The molecule has 24 heavy (non-hydrogen) atoms. The van der Waals surface area contributed by atoms with Crippen LogP contribution in [0.15, 0.2) is 24.3 Å². The summed E-state index contributed by atoms with van der Waals surface area (Å²) in [4.78, 5) is 35.2. The Morgan fingerprint density at radius 3 is 2.08 bits per heavy atom. The molecule has 1 saturated carbocycles. The SMILES string of the molecule is CC(=O)Nc1ccc(NC(=O)[C@H](C)OC(=O)C2CCCCC2)cc1. The number of nitrogens with one attached hydrogen (secondary N) is 2. The van der Waals surface area contributed by atoms with Gasteiger partial charge in [-0.25, -0.2) is 0 Å². The second kappa shape index (κ2) is 8.47. The van der Waals surface area contributed by atoms with E-state index < -0.39 is 6.10 Å². The lowest BCUT2D eigenvalue weighted by Crippen LogP contribution is -2.32.